The van der Waals surface area contributed by atoms with Gasteiger partial charge in [0.25, 0.3) is 5.91 Å². The quantitative estimate of drug-likeness (QED) is 0.643. The number of carbonyl (C=O) groups is 2. The van der Waals surface area contributed by atoms with Crippen molar-refractivity contribution in [3.8, 4) is 0 Å². The highest BCUT2D eigenvalue weighted by Gasteiger charge is 2.24. The fourth-order valence-electron chi connectivity index (χ4n) is 2.37. The largest absolute Gasteiger partial charge is 0.449 e. The number of carbonyl (C=O) groups excluding carboxylic acids is 2. The van der Waals surface area contributed by atoms with Crippen molar-refractivity contribution in [3.63, 3.8) is 0 Å². The standard InChI is InChI=1S/C15H19BrN2O3/c1-9(14(19)18-11-4-2-3-5-11)21-15(20)12-8-10(16)6-7-13(12)17/h6-9,11H,2-5,17H2,1H3,(H,18,19)/t9-/m1/s1. The van der Waals surface area contributed by atoms with Crippen molar-refractivity contribution in [2.45, 2.75) is 44.8 Å². The Balaban J connectivity index is 1.94. The molecule has 21 heavy (non-hydrogen) atoms. The van der Waals surface area contributed by atoms with Crippen LogP contribution < -0.4 is 11.1 Å². The lowest BCUT2D eigenvalue weighted by molar-refractivity contribution is -0.129. The van der Waals surface area contributed by atoms with Crippen LogP contribution in [0.25, 0.3) is 0 Å². The first-order chi connectivity index (χ1) is 9.97. The number of nitrogens with two attached hydrogens (primary N) is 1. The molecule has 1 fully saturated rings. The number of anilines is 1. The second kappa shape index (κ2) is 6.93. The van der Waals surface area contributed by atoms with Gasteiger partial charge in [0, 0.05) is 16.2 Å². The number of hydrogen-bond acceptors (Lipinski definition) is 4. The zero-order valence-electron chi connectivity index (χ0n) is 11.9. The lowest BCUT2D eigenvalue weighted by atomic mass is 10.2. The zero-order valence-corrected chi connectivity index (χ0v) is 13.5. The molecule has 0 spiro atoms. The Kier molecular flexibility index (Phi) is 5.22. The Morgan fingerprint density at radius 2 is 2.05 bits per heavy atom. The lowest BCUT2D eigenvalue weighted by Crippen LogP contribution is -2.40. The fourth-order valence-corrected chi connectivity index (χ4v) is 2.73. The Bertz CT molecular complexity index is 542. The van der Waals surface area contributed by atoms with E-state index in [1.54, 1.807) is 25.1 Å². The van der Waals surface area contributed by atoms with Crippen molar-refractivity contribution in [1.82, 2.24) is 5.32 Å². The number of ether oxygens (including phenoxy) is 1. The highest BCUT2D eigenvalue weighted by atomic mass is 79.9. The molecule has 1 aliphatic rings. The predicted octanol–water partition coefficient (Wildman–Crippen LogP) is 2.64. The normalized spacial score (nSPS) is 16.5. The molecule has 0 bridgehead atoms. The molecular weight excluding hydrogens is 336 g/mol. The van der Waals surface area contributed by atoms with Crippen LogP contribution in [-0.4, -0.2) is 24.0 Å². The van der Waals surface area contributed by atoms with Gasteiger partial charge >= 0.3 is 5.97 Å². The molecule has 1 aliphatic carbocycles. The summed E-state index contributed by atoms with van der Waals surface area (Å²) in [7, 11) is 0. The van der Waals surface area contributed by atoms with E-state index in [2.05, 4.69) is 21.2 Å². The van der Waals surface area contributed by atoms with E-state index in [1.165, 1.54) is 0 Å². The molecule has 0 aromatic heterocycles. The van der Waals surface area contributed by atoms with Gasteiger partial charge in [-0.1, -0.05) is 28.8 Å². The number of halogens is 1. The molecule has 5 nitrogen and oxygen atoms in total. The molecule has 0 radical (unpaired) electrons. The number of rotatable bonds is 4. The van der Waals surface area contributed by atoms with Gasteiger partial charge in [0.05, 0.1) is 5.56 Å². The molecule has 0 unspecified atom stereocenters. The van der Waals surface area contributed by atoms with Gasteiger partial charge in [0.2, 0.25) is 0 Å². The topological polar surface area (TPSA) is 81.4 Å². The van der Waals surface area contributed by atoms with Crippen LogP contribution >= 0.6 is 15.9 Å². The van der Waals surface area contributed by atoms with Crippen molar-refractivity contribution in [2.75, 3.05) is 5.73 Å². The monoisotopic (exact) mass is 354 g/mol. The molecule has 1 aromatic carbocycles. The number of hydrogen-bond donors (Lipinski definition) is 2. The summed E-state index contributed by atoms with van der Waals surface area (Å²) < 4.78 is 5.92. The van der Waals surface area contributed by atoms with Crippen LogP contribution in [0.1, 0.15) is 43.0 Å². The first-order valence-electron chi connectivity index (χ1n) is 7.03. The Hall–Kier alpha value is -1.56. The zero-order chi connectivity index (χ0) is 15.4. The fraction of sp³-hybridized carbons (Fsp3) is 0.467. The summed E-state index contributed by atoms with van der Waals surface area (Å²) in [5, 5.41) is 2.90. The minimum atomic E-state index is -0.837. The maximum Gasteiger partial charge on any atom is 0.341 e. The second-order valence-corrected chi connectivity index (χ2v) is 6.18. The summed E-state index contributed by atoms with van der Waals surface area (Å²) in [6, 6.07) is 5.14. The highest BCUT2D eigenvalue weighted by molar-refractivity contribution is 9.10. The molecule has 2 rings (SSSR count). The predicted molar refractivity (Wildman–Crippen MR) is 83.8 cm³/mol. The third kappa shape index (κ3) is 4.20. The molecule has 0 saturated heterocycles. The average molecular weight is 355 g/mol. The highest BCUT2D eigenvalue weighted by Crippen LogP contribution is 2.20. The van der Waals surface area contributed by atoms with Crippen LogP contribution in [0.3, 0.4) is 0 Å². The SMILES string of the molecule is C[C@@H](OC(=O)c1cc(Br)ccc1N)C(=O)NC1CCCC1. The van der Waals surface area contributed by atoms with Gasteiger partial charge < -0.3 is 15.8 Å². The third-order valence-corrected chi connectivity index (χ3v) is 4.08. The van der Waals surface area contributed by atoms with E-state index in [4.69, 9.17) is 10.5 Å². The summed E-state index contributed by atoms with van der Waals surface area (Å²) in [5.41, 5.74) is 6.33. The van der Waals surface area contributed by atoms with E-state index in [1.807, 2.05) is 0 Å². The molecule has 1 atom stereocenters. The Morgan fingerprint density at radius 1 is 1.38 bits per heavy atom. The van der Waals surface area contributed by atoms with Gasteiger partial charge in [-0.25, -0.2) is 4.79 Å². The maximum absolute atomic E-state index is 12.1. The minimum Gasteiger partial charge on any atom is -0.449 e. The van der Waals surface area contributed by atoms with E-state index < -0.39 is 12.1 Å². The Labute approximate surface area is 132 Å². The molecule has 1 amide bonds. The van der Waals surface area contributed by atoms with Crippen molar-refractivity contribution in [2.24, 2.45) is 0 Å². The van der Waals surface area contributed by atoms with Gasteiger partial charge in [-0.05, 0) is 38.0 Å². The van der Waals surface area contributed by atoms with Crippen molar-refractivity contribution < 1.29 is 14.3 Å². The molecule has 3 N–H and O–H groups in total. The summed E-state index contributed by atoms with van der Waals surface area (Å²) in [4.78, 5) is 24.1. The second-order valence-electron chi connectivity index (χ2n) is 5.27. The van der Waals surface area contributed by atoms with Gasteiger partial charge in [-0.3, -0.25) is 4.79 Å². The summed E-state index contributed by atoms with van der Waals surface area (Å²) in [6.07, 6.45) is 3.41. The van der Waals surface area contributed by atoms with Crippen LogP contribution in [0.5, 0.6) is 0 Å². The number of nitrogens with one attached hydrogen (secondary N) is 1. The lowest BCUT2D eigenvalue weighted by Gasteiger charge is -2.17. The first kappa shape index (κ1) is 15.8. The van der Waals surface area contributed by atoms with E-state index in [-0.39, 0.29) is 17.5 Å². The van der Waals surface area contributed by atoms with Gasteiger partial charge in [0.15, 0.2) is 6.10 Å². The van der Waals surface area contributed by atoms with Gasteiger partial charge in [-0.2, -0.15) is 0 Å². The first-order valence-corrected chi connectivity index (χ1v) is 7.83. The molecule has 114 valence electrons. The molecule has 0 heterocycles. The van der Waals surface area contributed by atoms with E-state index in [9.17, 15) is 9.59 Å². The Morgan fingerprint density at radius 3 is 2.71 bits per heavy atom. The number of amides is 1. The van der Waals surface area contributed by atoms with Gasteiger partial charge in [-0.15, -0.1) is 0 Å². The van der Waals surface area contributed by atoms with E-state index >= 15 is 0 Å². The van der Waals surface area contributed by atoms with Crippen molar-refractivity contribution >= 4 is 33.5 Å². The summed E-state index contributed by atoms with van der Waals surface area (Å²) >= 11 is 3.28. The van der Waals surface area contributed by atoms with Crippen LogP contribution in [0, 0.1) is 0 Å². The summed E-state index contributed by atoms with van der Waals surface area (Å²) in [6.45, 7) is 1.57. The van der Waals surface area contributed by atoms with Gasteiger partial charge in [0.1, 0.15) is 0 Å². The number of nitrogen functional groups attached to an aromatic ring is 1. The summed E-state index contributed by atoms with van der Waals surface area (Å²) in [5.74, 6) is -0.855. The average Bonchev–Trinajstić information content (AvgIpc) is 2.94. The molecule has 1 saturated carbocycles. The smallest absolute Gasteiger partial charge is 0.341 e. The van der Waals surface area contributed by atoms with E-state index in [0.717, 1.165) is 30.2 Å². The third-order valence-electron chi connectivity index (χ3n) is 3.59. The van der Waals surface area contributed by atoms with Crippen LogP contribution in [0.4, 0.5) is 5.69 Å². The van der Waals surface area contributed by atoms with E-state index in [0.29, 0.717) is 5.69 Å². The van der Waals surface area contributed by atoms with Crippen LogP contribution in [0.2, 0.25) is 0 Å². The van der Waals surface area contributed by atoms with Crippen molar-refractivity contribution in [1.29, 1.82) is 0 Å². The molecule has 1 aromatic rings. The van der Waals surface area contributed by atoms with Crippen molar-refractivity contribution in [3.05, 3.63) is 28.2 Å². The molecule has 0 aliphatic heterocycles. The number of benzene rings is 1. The number of esters is 1. The maximum atomic E-state index is 12.1. The van der Waals surface area contributed by atoms with Crippen LogP contribution in [-0.2, 0) is 9.53 Å². The minimum absolute atomic E-state index is 0.203. The molecule has 6 heteroatoms. The van der Waals surface area contributed by atoms with Crippen LogP contribution in [0.15, 0.2) is 22.7 Å². The molecular formula is C15H19BrN2O3.